The maximum atomic E-state index is 14.6. The number of nitrogens with zero attached hydrogens (tertiary/aromatic N) is 3. The van der Waals surface area contributed by atoms with E-state index in [1.165, 1.54) is 13.2 Å². The first kappa shape index (κ1) is 28.2. The molecule has 0 unspecified atom stereocenters. The molecule has 0 amide bonds. The van der Waals surface area contributed by atoms with Gasteiger partial charge in [0, 0.05) is 37.0 Å². The predicted molar refractivity (Wildman–Crippen MR) is 137 cm³/mol. The van der Waals surface area contributed by atoms with E-state index in [0.29, 0.717) is 25.0 Å². The molecule has 4 rings (SSSR count). The highest BCUT2D eigenvalue weighted by Crippen LogP contribution is 2.38. The molecule has 2 heterocycles. The number of methoxy groups -OCH3 is 1. The van der Waals surface area contributed by atoms with E-state index >= 15 is 0 Å². The Morgan fingerprint density at radius 2 is 1.90 bits per heavy atom. The van der Waals surface area contributed by atoms with Gasteiger partial charge in [0.15, 0.2) is 5.78 Å². The van der Waals surface area contributed by atoms with Crippen molar-refractivity contribution in [1.82, 2.24) is 9.97 Å². The van der Waals surface area contributed by atoms with Crippen LogP contribution in [0.1, 0.15) is 53.7 Å². The molecule has 1 aliphatic carbocycles. The second-order valence-corrected chi connectivity index (χ2v) is 9.72. The number of aromatic nitrogens is 2. The Kier molecular flexibility index (Phi) is 8.94. The molecular formula is C29H29F3N4O3. The Balaban J connectivity index is 1.56. The molecule has 10 heteroatoms. The van der Waals surface area contributed by atoms with Gasteiger partial charge in [-0.3, -0.25) is 9.78 Å². The van der Waals surface area contributed by atoms with Gasteiger partial charge in [0.05, 0.1) is 37.9 Å². The van der Waals surface area contributed by atoms with Crippen LogP contribution in [0.25, 0.3) is 11.3 Å². The molecule has 7 nitrogen and oxygen atoms in total. The summed E-state index contributed by atoms with van der Waals surface area (Å²) < 4.78 is 54.6. The van der Waals surface area contributed by atoms with Crippen molar-refractivity contribution in [2.24, 2.45) is 11.7 Å². The minimum absolute atomic E-state index is 0.0517. The summed E-state index contributed by atoms with van der Waals surface area (Å²) in [5, 5.41) is 8.78. The number of ketones is 1. The topological polar surface area (TPSA) is 111 Å². The van der Waals surface area contributed by atoms with Crippen molar-refractivity contribution in [3.05, 3.63) is 77.0 Å². The van der Waals surface area contributed by atoms with E-state index in [1.54, 1.807) is 12.4 Å². The average molecular weight is 539 g/mol. The molecule has 1 saturated carbocycles. The van der Waals surface area contributed by atoms with E-state index < -0.39 is 34.5 Å². The Labute approximate surface area is 224 Å². The van der Waals surface area contributed by atoms with Gasteiger partial charge in [-0.2, -0.15) is 5.26 Å². The van der Waals surface area contributed by atoms with Crippen molar-refractivity contribution in [3.63, 3.8) is 0 Å². The summed E-state index contributed by atoms with van der Waals surface area (Å²) in [6.07, 6.45) is 4.70. The van der Waals surface area contributed by atoms with Crippen molar-refractivity contribution in [2.75, 3.05) is 13.7 Å². The van der Waals surface area contributed by atoms with Crippen molar-refractivity contribution in [3.8, 4) is 23.1 Å². The Hall–Kier alpha value is -3.81. The third kappa shape index (κ3) is 6.27. The molecule has 0 saturated heterocycles. The number of halogens is 3. The van der Waals surface area contributed by atoms with Gasteiger partial charge in [-0.15, -0.1) is 0 Å². The van der Waals surface area contributed by atoms with E-state index in [1.807, 2.05) is 6.07 Å². The molecule has 1 fully saturated rings. The van der Waals surface area contributed by atoms with E-state index in [4.69, 9.17) is 20.5 Å². The quantitative estimate of drug-likeness (QED) is 0.297. The predicted octanol–water partition coefficient (Wildman–Crippen LogP) is 5.13. The van der Waals surface area contributed by atoms with Crippen molar-refractivity contribution < 1.29 is 27.4 Å². The van der Waals surface area contributed by atoms with E-state index in [9.17, 15) is 18.0 Å². The molecule has 39 heavy (non-hydrogen) atoms. The Morgan fingerprint density at radius 3 is 2.56 bits per heavy atom. The summed E-state index contributed by atoms with van der Waals surface area (Å²) in [4.78, 5) is 21.4. The third-order valence-electron chi connectivity index (χ3n) is 7.07. The number of ether oxygens (including phenoxy) is 2. The van der Waals surface area contributed by atoms with E-state index in [-0.39, 0.29) is 41.8 Å². The van der Waals surface area contributed by atoms with Gasteiger partial charge in [0.1, 0.15) is 34.6 Å². The highest BCUT2D eigenvalue weighted by molar-refractivity contribution is 5.96. The van der Waals surface area contributed by atoms with Crippen LogP contribution in [0, 0.1) is 34.7 Å². The van der Waals surface area contributed by atoms with Crippen LogP contribution in [0.2, 0.25) is 0 Å². The van der Waals surface area contributed by atoms with Crippen LogP contribution >= 0.6 is 0 Å². The first-order valence-electron chi connectivity index (χ1n) is 12.6. The van der Waals surface area contributed by atoms with Gasteiger partial charge in [0.2, 0.25) is 0 Å². The zero-order valence-electron chi connectivity index (χ0n) is 21.7. The van der Waals surface area contributed by atoms with Crippen LogP contribution in [-0.4, -0.2) is 41.6 Å². The molecule has 2 N–H and O–H groups in total. The number of pyridine rings is 2. The molecular weight excluding hydrogens is 509 g/mol. The van der Waals surface area contributed by atoms with Crippen molar-refractivity contribution in [1.29, 1.82) is 5.26 Å². The zero-order valence-corrected chi connectivity index (χ0v) is 21.7. The fourth-order valence-electron chi connectivity index (χ4n) is 5.26. The molecule has 2 aromatic heterocycles. The van der Waals surface area contributed by atoms with Gasteiger partial charge < -0.3 is 15.2 Å². The molecule has 3 aromatic rings. The van der Waals surface area contributed by atoms with Crippen LogP contribution < -0.4 is 10.5 Å². The number of benzene rings is 1. The van der Waals surface area contributed by atoms with Crippen LogP contribution in [0.3, 0.4) is 0 Å². The van der Waals surface area contributed by atoms with Crippen molar-refractivity contribution in [2.45, 2.75) is 50.7 Å². The SMILES string of the molecule is COc1cc(F)c(-c2nc(C(=O)Cc3cnccc3[C@H]3C[C@@H](N)[C@@H](OCCC#N)[C@@H](C)C3)ccc2F)c(F)c1. The van der Waals surface area contributed by atoms with Gasteiger partial charge >= 0.3 is 0 Å². The molecule has 1 aliphatic rings. The normalized spacial score (nSPS) is 20.8. The number of hydrogen-bond donors (Lipinski definition) is 1. The number of hydrogen-bond acceptors (Lipinski definition) is 7. The summed E-state index contributed by atoms with van der Waals surface area (Å²) in [6, 6.07) is 7.68. The van der Waals surface area contributed by atoms with Gasteiger partial charge in [-0.25, -0.2) is 18.2 Å². The largest absolute Gasteiger partial charge is 0.497 e. The van der Waals surface area contributed by atoms with E-state index in [2.05, 4.69) is 23.0 Å². The average Bonchev–Trinajstić information content (AvgIpc) is 2.91. The maximum Gasteiger partial charge on any atom is 0.185 e. The summed E-state index contributed by atoms with van der Waals surface area (Å²) in [6.45, 7) is 2.38. The molecule has 0 radical (unpaired) electrons. The second-order valence-electron chi connectivity index (χ2n) is 9.72. The Morgan fingerprint density at radius 1 is 1.15 bits per heavy atom. The first-order valence-corrected chi connectivity index (χ1v) is 12.6. The minimum atomic E-state index is -1.06. The highest BCUT2D eigenvalue weighted by Gasteiger charge is 2.36. The van der Waals surface area contributed by atoms with Gasteiger partial charge in [-0.1, -0.05) is 6.92 Å². The van der Waals surface area contributed by atoms with Gasteiger partial charge in [0.25, 0.3) is 0 Å². The minimum Gasteiger partial charge on any atom is -0.497 e. The molecule has 0 spiro atoms. The molecule has 0 bridgehead atoms. The Bertz CT molecular complexity index is 1360. The first-order chi connectivity index (χ1) is 18.7. The van der Waals surface area contributed by atoms with Crippen LogP contribution in [0.15, 0.2) is 42.7 Å². The lowest BCUT2D eigenvalue weighted by molar-refractivity contribution is -0.0199. The number of Topliss-reactive ketones (excluding diaryl/α,β-unsaturated/α-hetero) is 1. The van der Waals surface area contributed by atoms with Crippen LogP contribution in [0.5, 0.6) is 5.75 Å². The number of nitrogens with two attached hydrogens (primary N) is 1. The lowest BCUT2D eigenvalue weighted by Gasteiger charge is -2.39. The third-order valence-corrected chi connectivity index (χ3v) is 7.07. The molecule has 204 valence electrons. The summed E-state index contributed by atoms with van der Waals surface area (Å²) in [5.41, 5.74) is 6.63. The summed E-state index contributed by atoms with van der Waals surface area (Å²) in [7, 11) is 1.25. The second kappa shape index (κ2) is 12.4. The molecule has 1 aromatic carbocycles. The number of carbonyl (C=O) groups excluding carboxylic acids is 1. The lowest BCUT2D eigenvalue weighted by atomic mass is 9.73. The summed E-state index contributed by atoms with van der Waals surface area (Å²) in [5.74, 6) is -3.42. The van der Waals surface area contributed by atoms with Crippen LogP contribution in [0.4, 0.5) is 13.2 Å². The lowest BCUT2D eigenvalue weighted by Crippen LogP contribution is -2.46. The smallest absolute Gasteiger partial charge is 0.185 e. The molecule has 0 aliphatic heterocycles. The monoisotopic (exact) mass is 538 g/mol. The van der Waals surface area contributed by atoms with Gasteiger partial charge in [-0.05, 0) is 54.0 Å². The van der Waals surface area contributed by atoms with E-state index in [0.717, 1.165) is 30.2 Å². The summed E-state index contributed by atoms with van der Waals surface area (Å²) >= 11 is 0. The fourth-order valence-corrected chi connectivity index (χ4v) is 5.26. The maximum absolute atomic E-state index is 14.6. The van der Waals surface area contributed by atoms with Crippen molar-refractivity contribution >= 4 is 5.78 Å². The van der Waals surface area contributed by atoms with Crippen LogP contribution in [-0.2, 0) is 11.2 Å². The highest BCUT2D eigenvalue weighted by atomic mass is 19.1. The fraction of sp³-hybridized carbons (Fsp3) is 0.379. The zero-order chi connectivity index (χ0) is 28.1. The number of nitriles is 1. The molecule has 4 atom stereocenters. The standard InChI is InChI=1S/C29H29F3N4O3/c1-16-10-17(11-24(34)29(16)39-9-3-7-33)20-6-8-35-15-18(20)12-26(37)25-5-4-21(30)28(36-25)27-22(31)13-19(38-2)14-23(27)32/h4-6,8,13-17,24,29H,3,9-12,34H2,1-2H3/t16-,17+,24+,29-/m0/s1. The number of rotatable bonds is 9. The number of carbonyl (C=O) groups is 1.